The normalized spacial score (nSPS) is 10.5. The van der Waals surface area contributed by atoms with Crippen molar-refractivity contribution in [3.05, 3.63) is 102 Å². The van der Waals surface area contributed by atoms with Crippen LogP contribution in [0.3, 0.4) is 0 Å². The standard InChI is InChI=1S/C28H28O5/c1-4-17-33-22-15-13-20(14-16-22)21(18-25(29)23-9-5-7-11-27(23)31-2)19-26(30)24-10-6-8-12-28(24)32-3/h4-16,21H,1,17-19H2,2-3H3. The van der Waals surface area contributed by atoms with E-state index in [0.29, 0.717) is 35.0 Å². The average Bonchev–Trinajstić information content (AvgIpc) is 2.87. The number of methoxy groups -OCH3 is 2. The molecule has 0 spiro atoms. The molecule has 0 aliphatic rings. The van der Waals surface area contributed by atoms with Gasteiger partial charge in [0.25, 0.3) is 0 Å². The zero-order chi connectivity index (χ0) is 23.6. The molecule has 0 saturated heterocycles. The Hall–Kier alpha value is -3.86. The molecule has 0 unspecified atom stereocenters. The van der Waals surface area contributed by atoms with Crippen molar-refractivity contribution in [2.45, 2.75) is 18.8 Å². The van der Waals surface area contributed by atoms with Gasteiger partial charge in [0.15, 0.2) is 11.6 Å². The first-order chi connectivity index (χ1) is 16.1. The molecule has 170 valence electrons. The Morgan fingerprint density at radius 3 is 1.73 bits per heavy atom. The van der Waals surface area contributed by atoms with Gasteiger partial charge in [0, 0.05) is 12.8 Å². The molecule has 3 aromatic rings. The van der Waals surface area contributed by atoms with Gasteiger partial charge in [-0.3, -0.25) is 9.59 Å². The first kappa shape index (κ1) is 23.8. The van der Waals surface area contributed by atoms with Crippen LogP contribution in [-0.2, 0) is 0 Å². The van der Waals surface area contributed by atoms with Crippen LogP contribution >= 0.6 is 0 Å². The summed E-state index contributed by atoms with van der Waals surface area (Å²) in [5.41, 5.74) is 1.88. The van der Waals surface area contributed by atoms with Crippen molar-refractivity contribution in [2.24, 2.45) is 0 Å². The van der Waals surface area contributed by atoms with E-state index in [4.69, 9.17) is 14.2 Å². The van der Waals surface area contributed by atoms with Crippen molar-refractivity contribution >= 4 is 11.6 Å². The van der Waals surface area contributed by atoms with E-state index >= 15 is 0 Å². The SMILES string of the molecule is C=CCOc1ccc(C(CC(=O)c2ccccc2OC)CC(=O)c2ccccc2OC)cc1. The van der Waals surface area contributed by atoms with E-state index in [9.17, 15) is 9.59 Å². The number of carbonyl (C=O) groups is 2. The highest BCUT2D eigenvalue weighted by molar-refractivity contribution is 6.01. The Morgan fingerprint density at radius 1 is 0.788 bits per heavy atom. The lowest BCUT2D eigenvalue weighted by molar-refractivity contribution is 0.0941. The summed E-state index contributed by atoms with van der Waals surface area (Å²) in [7, 11) is 3.08. The summed E-state index contributed by atoms with van der Waals surface area (Å²) in [4.78, 5) is 26.4. The maximum Gasteiger partial charge on any atom is 0.167 e. The highest BCUT2D eigenvalue weighted by atomic mass is 16.5. The number of Topliss-reactive ketones (excluding diaryl/α,β-unsaturated/α-hetero) is 2. The molecule has 0 radical (unpaired) electrons. The van der Waals surface area contributed by atoms with E-state index in [-0.39, 0.29) is 30.3 Å². The van der Waals surface area contributed by atoms with Crippen LogP contribution in [0.2, 0.25) is 0 Å². The Kier molecular flexibility index (Phi) is 8.42. The third kappa shape index (κ3) is 6.10. The Morgan fingerprint density at radius 2 is 1.27 bits per heavy atom. The summed E-state index contributed by atoms with van der Waals surface area (Å²) in [6.07, 6.45) is 2.00. The smallest absolute Gasteiger partial charge is 0.167 e. The van der Waals surface area contributed by atoms with Crippen LogP contribution in [0.25, 0.3) is 0 Å². The van der Waals surface area contributed by atoms with Gasteiger partial charge in [0.2, 0.25) is 0 Å². The number of benzene rings is 3. The van der Waals surface area contributed by atoms with Gasteiger partial charge < -0.3 is 14.2 Å². The molecule has 0 amide bonds. The second-order valence-corrected chi connectivity index (χ2v) is 7.52. The van der Waals surface area contributed by atoms with E-state index < -0.39 is 0 Å². The summed E-state index contributed by atoms with van der Waals surface area (Å²) >= 11 is 0. The van der Waals surface area contributed by atoms with Gasteiger partial charge in [-0.25, -0.2) is 0 Å². The van der Waals surface area contributed by atoms with Crippen molar-refractivity contribution in [1.29, 1.82) is 0 Å². The van der Waals surface area contributed by atoms with E-state index in [1.165, 1.54) is 14.2 Å². The fourth-order valence-electron chi connectivity index (χ4n) is 3.72. The maximum absolute atomic E-state index is 13.2. The molecule has 3 rings (SSSR count). The molecule has 33 heavy (non-hydrogen) atoms. The van der Waals surface area contributed by atoms with Gasteiger partial charge in [-0.05, 0) is 47.9 Å². The van der Waals surface area contributed by atoms with Gasteiger partial charge in [0.05, 0.1) is 25.3 Å². The second-order valence-electron chi connectivity index (χ2n) is 7.52. The fourth-order valence-corrected chi connectivity index (χ4v) is 3.72. The molecule has 0 saturated carbocycles. The van der Waals surface area contributed by atoms with Crippen molar-refractivity contribution in [2.75, 3.05) is 20.8 Å². The Balaban J connectivity index is 1.89. The van der Waals surface area contributed by atoms with Crippen LogP contribution in [0.15, 0.2) is 85.5 Å². The second kappa shape index (κ2) is 11.7. The number of hydrogen-bond donors (Lipinski definition) is 0. The van der Waals surface area contributed by atoms with Crippen molar-refractivity contribution < 1.29 is 23.8 Å². The maximum atomic E-state index is 13.2. The lowest BCUT2D eigenvalue weighted by atomic mass is 9.86. The summed E-state index contributed by atoms with van der Waals surface area (Å²) in [5, 5.41) is 0. The first-order valence-corrected chi connectivity index (χ1v) is 10.7. The predicted molar refractivity (Wildman–Crippen MR) is 129 cm³/mol. The number of hydrogen-bond acceptors (Lipinski definition) is 5. The third-order valence-electron chi connectivity index (χ3n) is 5.40. The van der Waals surface area contributed by atoms with Crippen LogP contribution in [0.5, 0.6) is 17.2 Å². The quantitative estimate of drug-likeness (QED) is 0.257. The molecule has 0 aromatic heterocycles. The van der Waals surface area contributed by atoms with Crippen molar-refractivity contribution in [1.82, 2.24) is 0 Å². The van der Waals surface area contributed by atoms with Crippen LogP contribution in [-0.4, -0.2) is 32.4 Å². The molecule has 0 fully saturated rings. The van der Waals surface area contributed by atoms with E-state index in [1.54, 1.807) is 42.5 Å². The zero-order valence-electron chi connectivity index (χ0n) is 19.0. The highest BCUT2D eigenvalue weighted by Gasteiger charge is 2.24. The van der Waals surface area contributed by atoms with Gasteiger partial charge in [-0.1, -0.05) is 49.1 Å². The lowest BCUT2D eigenvalue weighted by Crippen LogP contribution is -2.14. The van der Waals surface area contributed by atoms with Crippen LogP contribution < -0.4 is 14.2 Å². The molecular formula is C28H28O5. The molecule has 0 atom stereocenters. The van der Waals surface area contributed by atoms with Gasteiger partial charge in [-0.2, -0.15) is 0 Å². The monoisotopic (exact) mass is 444 g/mol. The Labute approximate surface area is 194 Å². The van der Waals surface area contributed by atoms with Gasteiger partial charge >= 0.3 is 0 Å². The predicted octanol–water partition coefficient (Wildman–Crippen LogP) is 5.90. The number of carbonyl (C=O) groups excluding carboxylic acids is 2. The van der Waals surface area contributed by atoms with Crippen LogP contribution in [0, 0.1) is 0 Å². The zero-order valence-corrected chi connectivity index (χ0v) is 19.0. The molecule has 0 heterocycles. The van der Waals surface area contributed by atoms with Crippen molar-refractivity contribution in [3.8, 4) is 17.2 Å². The minimum absolute atomic E-state index is 0.0859. The molecule has 0 N–H and O–H groups in total. The lowest BCUT2D eigenvalue weighted by Gasteiger charge is -2.18. The molecular weight excluding hydrogens is 416 g/mol. The molecule has 3 aromatic carbocycles. The number of rotatable bonds is 12. The third-order valence-corrected chi connectivity index (χ3v) is 5.40. The summed E-state index contributed by atoms with van der Waals surface area (Å²) in [5.74, 6) is 1.24. The molecule has 5 heteroatoms. The molecule has 0 aliphatic carbocycles. The fraction of sp³-hybridized carbons (Fsp3) is 0.214. The number of para-hydroxylation sites is 2. The molecule has 0 bridgehead atoms. The average molecular weight is 445 g/mol. The number of ketones is 2. The minimum Gasteiger partial charge on any atom is -0.496 e. The minimum atomic E-state index is -0.326. The molecule has 0 aliphatic heterocycles. The largest absolute Gasteiger partial charge is 0.496 e. The van der Waals surface area contributed by atoms with Gasteiger partial charge in [0.1, 0.15) is 23.9 Å². The van der Waals surface area contributed by atoms with E-state index in [0.717, 1.165) is 5.56 Å². The first-order valence-electron chi connectivity index (χ1n) is 10.7. The van der Waals surface area contributed by atoms with Crippen molar-refractivity contribution in [3.63, 3.8) is 0 Å². The van der Waals surface area contributed by atoms with Gasteiger partial charge in [-0.15, -0.1) is 0 Å². The van der Waals surface area contributed by atoms with E-state index in [1.807, 2.05) is 36.4 Å². The molecule has 5 nitrogen and oxygen atoms in total. The topological polar surface area (TPSA) is 61.8 Å². The number of ether oxygens (including phenoxy) is 3. The van der Waals surface area contributed by atoms with Crippen LogP contribution in [0.4, 0.5) is 0 Å². The van der Waals surface area contributed by atoms with E-state index in [2.05, 4.69) is 6.58 Å². The summed E-state index contributed by atoms with van der Waals surface area (Å²) < 4.78 is 16.3. The summed E-state index contributed by atoms with van der Waals surface area (Å²) in [6.45, 7) is 4.06. The summed E-state index contributed by atoms with van der Waals surface area (Å²) in [6, 6.07) is 21.7. The highest BCUT2D eigenvalue weighted by Crippen LogP contribution is 2.32. The van der Waals surface area contributed by atoms with Crippen LogP contribution in [0.1, 0.15) is 45.0 Å². The Bertz CT molecular complexity index is 1040.